The zero-order chi connectivity index (χ0) is 33.7. The number of nitrogens with two attached hydrogens (primary N) is 1. The van der Waals surface area contributed by atoms with Crippen molar-refractivity contribution in [3.05, 3.63) is 35.7 Å². The van der Waals surface area contributed by atoms with Gasteiger partial charge >= 0.3 is 0 Å². The van der Waals surface area contributed by atoms with Gasteiger partial charge in [0.2, 0.25) is 5.91 Å². The van der Waals surface area contributed by atoms with Crippen LogP contribution in [0.2, 0.25) is 0 Å². The van der Waals surface area contributed by atoms with Crippen LogP contribution in [0.4, 0.5) is 0 Å². The van der Waals surface area contributed by atoms with Crippen LogP contribution in [0.5, 0.6) is 11.5 Å². The van der Waals surface area contributed by atoms with Crippen molar-refractivity contribution < 1.29 is 29.2 Å². The quantitative estimate of drug-likeness (QED) is 0.148. The van der Waals surface area contributed by atoms with E-state index in [0.717, 1.165) is 18.4 Å². The van der Waals surface area contributed by atoms with Crippen LogP contribution in [-0.4, -0.2) is 77.2 Å². The molecule has 5 atom stereocenters. The van der Waals surface area contributed by atoms with Crippen molar-refractivity contribution in [2.75, 3.05) is 34.0 Å². The highest BCUT2D eigenvalue weighted by atomic mass is 16.5. The summed E-state index contributed by atoms with van der Waals surface area (Å²) in [6.45, 7) is 16.2. The van der Waals surface area contributed by atoms with Gasteiger partial charge < -0.3 is 35.5 Å². The normalized spacial score (nSPS) is 15.5. The second-order valence-electron chi connectivity index (χ2n) is 13.8. The minimum atomic E-state index is -0.818. The number of ether oxygens (including phenoxy) is 3. The first kappa shape index (κ1) is 38.5. The van der Waals surface area contributed by atoms with Crippen LogP contribution in [0.15, 0.2) is 24.4 Å². The van der Waals surface area contributed by atoms with Gasteiger partial charge in [-0.1, -0.05) is 52.8 Å². The Balaban J connectivity index is 1.99. The molecule has 0 aliphatic rings. The topological polar surface area (TPSA) is 154 Å². The highest BCUT2D eigenvalue weighted by molar-refractivity contribution is 5.79. The van der Waals surface area contributed by atoms with Crippen molar-refractivity contribution in [2.45, 2.75) is 98.9 Å². The second kappa shape index (κ2) is 18.4. The molecule has 0 aliphatic carbocycles. The number of aromatic nitrogens is 3. The molecule has 0 fully saturated rings. The van der Waals surface area contributed by atoms with E-state index in [1.165, 1.54) is 0 Å². The highest BCUT2D eigenvalue weighted by Gasteiger charge is 2.31. The minimum Gasteiger partial charge on any atom is -0.493 e. The molecule has 0 spiro atoms. The fourth-order valence-electron chi connectivity index (χ4n) is 5.40. The van der Waals surface area contributed by atoms with E-state index in [1.807, 2.05) is 45.9 Å². The van der Waals surface area contributed by atoms with E-state index in [-0.39, 0.29) is 29.1 Å². The third kappa shape index (κ3) is 12.9. The van der Waals surface area contributed by atoms with E-state index >= 15 is 0 Å². The number of carbonyl (C=O) groups is 1. The number of amides is 1. The number of benzene rings is 1. The van der Waals surface area contributed by atoms with Crippen molar-refractivity contribution in [3.8, 4) is 11.5 Å². The van der Waals surface area contributed by atoms with Crippen molar-refractivity contribution in [3.63, 3.8) is 0 Å². The van der Waals surface area contributed by atoms with E-state index in [0.29, 0.717) is 62.3 Å². The summed E-state index contributed by atoms with van der Waals surface area (Å²) in [5.74, 6) is 1.51. The first-order valence-corrected chi connectivity index (χ1v) is 16.3. The molecule has 0 saturated carbocycles. The largest absolute Gasteiger partial charge is 0.493 e. The highest BCUT2D eigenvalue weighted by Crippen LogP contribution is 2.32. The number of hydrogen-bond acceptors (Lipinski definition) is 9. The molecular formula is C34H59N5O6. The molecule has 0 aliphatic heterocycles. The van der Waals surface area contributed by atoms with Gasteiger partial charge in [0, 0.05) is 50.6 Å². The second-order valence-corrected chi connectivity index (χ2v) is 13.8. The van der Waals surface area contributed by atoms with E-state index in [1.54, 1.807) is 32.0 Å². The Kier molecular flexibility index (Phi) is 15.7. The number of hydrogen-bond donors (Lipinski definition) is 4. The fraction of sp³-hybridized carbons (Fsp3) is 0.735. The predicted octanol–water partition coefficient (Wildman–Crippen LogP) is 4.15. The molecule has 0 radical (unpaired) electrons. The molecule has 2 aromatic rings. The molecule has 1 aromatic carbocycles. The average molecular weight is 634 g/mol. The SMILES string of the molecule is COCCCOc1cc(C[C@@H](C[C@H](N)[C@@H](O)C[C@H](C(=O)NCC(C)(C)Cn2cc(C(C)O)nn2)C(C)C)C(C)C)ccc1OC. The molecule has 1 amide bonds. The maximum Gasteiger partial charge on any atom is 0.223 e. The number of methoxy groups -OCH3 is 2. The Labute approximate surface area is 270 Å². The van der Waals surface area contributed by atoms with Gasteiger partial charge in [-0.15, -0.1) is 5.10 Å². The molecule has 45 heavy (non-hydrogen) atoms. The monoisotopic (exact) mass is 633 g/mol. The maximum absolute atomic E-state index is 13.3. The van der Waals surface area contributed by atoms with Crippen LogP contribution >= 0.6 is 0 Å². The molecule has 2 rings (SSSR count). The molecule has 5 N–H and O–H groups in total. The third-order valence-corrected chi connectivity index (χ3v) is 8.44. The van der Waals surface area contributed by atoms with Crippen molar-refractivity contribution >= 4 is 5.91 Å². The zero-order valence-electron chi connectivity index (χ0n) is 29.0. The molecule has 11 nitrogen and oxygen atoms in total. The van der Waals surface area contributed by atoms with Gasteiger partial charge in [0.25, 0.3) is 0 Å². The molecule has 0 bridgehead atoms. The molecule has 0 saturated heterocycles. The minimum absolute atomic E-state index is 0.0291. The van der Waals surface area contributed by atoms with Crippen molar-refractivity contribution in [1.29, 1.82) is 0 Å². The lowest BCUT2D eigenvalue weighted by Crippen LogP contribution is -2.44. The number of rotatable bonds is 21. The maximum atomic E-state index is 13.3. The third-order valence-electron chi connectivity index (χ3n) is 8.44. The fourth-order valence-corrected chi connectivity index (χ4v) is 5.40. The standard InChI is InChI=1S/C34H59N5O6/c1-22(2)26(15-25-11-12-31(44-9)32(16-25)45-14-10-13-43-8)17-28(35)30(41)18-27(23(3)4)33(42)36-20-34(6,7)21-39-19-29(24(5)40)37-38-39/h11-12,16,19,22-24,26-28,30,40-41H,10,13-15,17-18,20-21,35H2,1-9H3,(H,36,42)/t24?,26-,27-,28-,30-/m0/s1. The lowest BCUT2D eigenvalue weighted by molar-refractivity contribution is -0.128. The van der Waals surface area contributed by atoms with Gasteiger partial charge in [-0.2, -0.15) is 0 Å². The average Bonchev–Trinajstić information content (AvgIpc) is 3.44. The summed E-state index contributed by atoms with van der Waals surface area (Å²) in [6.07, 6.45) is 2.70. The first-order valence-electron chi connectivity index (χ1n) is 16.3. The van der Waals surface area contributed by atoms with Crippen molar-refractivity contribution in [2.24, 2.45) is 34.8 Å². The summed E-state index contributed by atoms with van der Waals surface area (Å²) in [5, 5.41) is 32.1. The summed E-state index contributed by atoms with van der Waals surface area (Å²) in [4.78, 5) is 13.3. The van der Waals surface area contributed by atoms with Crippen LogP contribution < -0.4 is 20.5 Å². The summed E-state index contributed by atoms with van der Waals surface area (Å²) >= 11 is 0. The number of aliphatic hydroxyl groups excluding tert-OH is 2. The van der Waals surface area contributed by atoms with Gasteiger partial charge in [0.1, 0.15) is 5.69 Å². The number of nitrogens with zero attached hydrogens (tertiary/aromatic N) is 3. The number of aliphatic hydroxyl groups is 2. The lowest BCUT2D eigenvalue weighted by atomic mass is 9.80. The summed E-state index contributed by atoms with van der Waals surface area (Å²) in [5.41, 5.74) is 7.93. The van der Waals surface area contributed by atoms with Crippen LogP contribution in [-0.2, 0) is 22.5 Å². The Morgan fingerprint density at radius 3 is 2.33 bits per heavy atom. The molecule has 1 aromatic heterocycles. The molecule has 11 heteroatoms. The Morgan fingerprint density at radius 1 is 1.04 bits per heavy atom. The number of carbonyl (C=O) groups excluding carboxylic acids is 1. The summed E-state index contributed by atoms with van der Waals surface area (Å²) in [7, 11) is 3.31. The van der Waals surface area contributed by atoms with Crippen LogP contribution in [0.3, 0.4) is 0 Å². The Hall–Kier alpha value is -2.73. The van der Waals surface area contributed by atoms with Crippen LogP contribution in [0.1, 0.15) is 85.1 Å². The molecule has 1 heterocycles. The van der Waals surface area contributed by atoms with E-state index in [4.69, 9.17) is 19.9 Å². The van der Waals surface area contributed by atoms with Crippen LogP contribution in [0.25, 0.3) is 0 Å². The van der Waals surface area contributed by atoms with Gasteiger partial charge in [-0.05, 0) is 61.6 Å². The first-order chi connectivity index (χ1) is 21.2. The molecule has 256 valence electrons. The predicted molar refractivity (Wildman–Crippen MR) is 176 cm³/mol. The lowest BCUT2D eigenvalue weighted by Gasteiger charge is -2.31. The number of nitrogens with one attached hydrogen (secondary N) is 1. The summed E-state index contributed by atoms with van der Waals surface area (Å²) in [6, 6.07) is 5.53. The van der Waals surface area contributed by atoms with E-state index in [9.17, 15) is 15.0 Å². The van der Waals surface area contributed by atoms with E-state index < -0.39 is 18.2 Å². The van der Waals surface area contributed by atoms with Gasteiger partial charge in [-0.3, -0.25) is 9.48 Å². The molecule has 1 unspecified atom stereocenters. The molecular weight excluding hydrogens is 574 g/mol. The smallest absolute Gasteiger partial charge is 0.223 e. The van der Waals surface area contributed by atoms with Gasteiger partial charge in [0.05, 0.1) is 32.1 Å². The van der Waals surface area contributed by atoms with Gasteiger partial charge in [0.15, 0.2) is 11.5 Å². The van der Waals surface area contributed by atoms with E-state index in [2.05, 4.69) is 29.5 Å². The zero-order valence-corrected chi connectivity index (χ0v) is 29.0. The summed E-state index contributed by atoms with van der Waals surface area (Å²) < 4.78 is 18.3. The van der Waals surface area contributed by atoms with Crippen molar-refractivity contribution in [1.82, 2.24) is 20.3 Å². The van der Waals surface area contributed by atoms with Gasteiger partial charge in [-0.25, -0.2) is 0 Å². The Bertz CT molecular complexity index is 1150. The Morgan fingerprint density at radius 2 is 1.76 bits per heavy atom. The van der Waals surface area contributed by atoms with Crippen LogP contribution in [0, 0.1) is 29.1 Å².